The molecular formula is C21H17NO3. The molecule has 3 aromatic rings. The van der Waals surface area contributed by atoms with E-state index in [-0.39, 0.29) is 5.78 Å². The SMILES string of the molecule is COc1ccc([C@@]2(O)c3ccccc3C(=O)[C@@H]2c2ccccn2)cc1. The van der Waals surface area contributed by atoms with Crippen molar-refractivity contribution >= 4 is 5.78 Å². The van der Waals surface area contributed by atoms with Crippen LogP contribution in [0.1, 0.15) is 33.1 Å². The van der Waals surface area contributed by atoms with Crippen molar-refractivity contribution in [2.24, 2.45) is 0 Å². The molecule has 2 atom stereocenters. The lowest BCUT2D eigenvalue weighted by molar-refractivity contribution is 0.0523. The fourth-order valence-corrected chi connectivity index (χ4v) is 3.59. The molecule has 124 valence electrons. The number of ketones is 1. The van der Waals surface area contributed by atoms with Crippen LogP contribution >= 0.6 is 0 Å². The van der Waals surface area contributed by atoms with Crippen LogP contribution < -0.4 is 4.74 Å². The molecule has 4 nitrogen and oxygen atoms in total. The first kappa shape index (κ1) is 15.5. The van der Waals surface area contributed by atoms with Crippen LogP contribution in [0, 0.1) is 0 Å². The Labute approximate surface area is 145 Å². The molecule has 0 bridgehead atoms. The molecule has 25 heavy (non-hydrogen) atoms. The highest BCUT2D eigenvalue weighted by molar-refractivity contribution is 6.07. The number of Topliss-reactive ketones (excluding diaryl/α,β-unsaturated/α-hetero) is 1. The molecule has 1 N–H and O–H groups in total. The molecule has 0 saturated carbocycles. The summed E-state index contributed by atoms with van der Waals surface area (Å²) in [6.07, 6.45) is 1.64. The summed E-state index contributed by atoms with van der Waals surface area (Å²) in [4.78, 5) is 17.4. The van der Waals surface area contributed by atoms with Gasteiger partial charge in [0.25, 0.3) is 0 Å². The third kappa shape index (κ3) is 2.26. The van der Waals surface area contributed by atoms with E-state index in [0.717, 1.165) is 0 Å². The van der Waals surface area contributed by atoms with E-state index in [1.54, 1.807) is 61.8 Å². The second-order valence-corrected chi connectivity index (χ2v) is 6.09. The Bertz CT molecular complexity index is 921. The van der Waals surface area contributed by atoms with Crippen molar-refractivity contribution < 1.29 is 14.6 Å². The van der Waals surface area contributed by atoms with Crippen molar-refractivity contribution in [3.8, 4) is 5.75 Å². The van der Waals surface area contributed by atoms with Crippen LogP contribution in [0.15, 0.2) is 72.9 Å². The monoisotopic (exact) mass is 331 g/mol. The molecule has 1 heterocycles. The van der Waals surface area contributed by atoms with Gasteiger partial charge in [-0.05, 0) is 35.4 Å². The zero-order valence-corrected chi connectivity index (χ0v) is 13.7. The predicted octanol–water partition coefficient (Wildman–Crippen LogP) is 3.31. The molecule has 4 heteroatoms. The fraction of sp³-hybridized carbons (Fsp3) is 0.143. The minimum absolute atomic E-state index is 0.118. The Morgan fingerprint density at radius 3 is 2.40 bits per heavy atom. The van der Waals surface area contributed by atoms with Crippen molar-refractivity contribution in [2.75, 3.05) is 7.11 Å². The van der Waals surface area contributed by atoms with Crippen LogP contribution in [-0.4, -0.2) is 23.0 Å². The highest BCUT2D eigenvalue weighted by Gasteiger charge is 2.53. The van der Waals surface area contributed by atoms with Gasteiger partial charge in [0.1, 0.15) is 17.3 Å². The Balaban J connectivity index is 1.95. The topological polar surface area (TPSA) is 59.4 Å². The summed E-state index contributed by atoms with van der Waals surface area (Å²) in [5.41, 5.74) is 0.885. The maximum Gasteiger partial charge on any atom is 0.175 e. The second kappa shape index (κ2) is 5.83. The summed E-state index contributed by atoms with van der Waals surface area (Å²) in [6.45, 7) is 0. The number of hydrogen-bond acceptors (Lipinski definition) is 4. The summed E-state index contributed by atoms with van der Waals surface area (Å²) in [7, 11) is 1.59. The van der Waals surface area contributed by atoms with Crippen molar-refractivity contribution in [2.45, 2.75) is 11.5 Å². The first-order valence-electron chi connectivity index (χ1n) is 8.08. The molecule has 0 radical (unpaired) electrons. The number of pyridine rings is 1. The van der Waals surface area contributed by atoms with E-state index in [4.69, 9.17) is 4.74 Å². The van der Waals surface area contributed by atoms with Crippen molar-refractivity contribution in [1.29, 1.82) is 0 Å². The molecule has 2 aromatic carbocycles. The second-order valence-electron chi connectivity index (χ2n) is 6.09. The summed E-state index contributed by atoms with van der Waals surface area (Å²) >= 11 is 0. The first-order chi connectivity index (χ1) is 12.2. The van der Waals surface area contributed by atoms with Gasteiger partial charge < -0.3 is 9.84 Å². The number of aliphatic hydroxyl groups is 1. The standard InChI is InChI=1S/C21H17NO3/c1-25-15-11-9-14(10-12-15)21(24)17-7-3-2-6-16(17)20(23)19(21)18-8-4-5-13-22-18/h2-13,19,24H,1H3/t19-,21+/m0/s1. The number of ether oxygens (including phenoxy) is 1. The molecule has 0 spiro atoms. The Morgan fingerprint density at radius 2 is 1.72 bits per heavy atom. The summed E-state index contributed by atoms with van der Waals surface area (Å²) in [5, 5.41) is 11.8. The van der Waals surface area contributed by atoms with Gasteiger partial charge in [-0.15, -0.1) is 0 Å². The van der Waals surface area contributed by atoms with Crippen molar-refractivity contribution in [3.05, 3.63) is 95.3 Å². The minimum atomic E-state index is -1.46. The van der Waals surface area contributed by atoms with Crippen LogP contribution in [0.2, 0.25) is 0 Å². The number of aromatic nitrogens is 1. The zero-order valence-electron chi connectivity index (χ0n) is 13.7. The molecule has 1 aliphatic rings. The van der Waals surface area contributed by atoms with Gasteiger partial charge in [-0.2, -0.15) is 0 Å². The molecule has 4 rings (SSSR count). The molecule has 0 saturated heterocycles. The third-order valence-electron chi connectivity index (χ3n) is 4.80. The van der Waals surface area contributed by atoms with Crippen molar-refractivity contribution in [1.82, 2.24) is 4.98 Å². The molecule has 0 aliphatic heterocycles. The van der Waals surface area contributed by atoms with Gasteiger partial charge in [0, 0.05) is 11.8 Å². The van der Waals surface area contributed by atoms with Gasteiger partial charge in [0.15, 0.2) is 5.78 Å². The zero-order chi connectivity index (χ0) is 17.4. The van der Waals surface area contributed by atoms with Crippen molar-refractivity contribution in [3.63, 3.8) is 0 Å². The quantitative estimate of drug-likeness (QED) is 0.800. The van der Waals surface area contributed by atoms with E-state index in [1.165, 1.54) is 0 Å². The van der Waals surface area contributed by atoms with Crippen LogP contribution in [0.25, 0.3) is 0 Å². The molecule has 0 fully saturated rings. The lowest BCUT2D eigenvalue weighted by Crippen LogP contribution is -2.33. The average Bonchev–Trinajstić information content (AvgIpc) is 2.91. The number of nitrogens with zero attached hydrogens (tertiary/aromatic N) is 1. The third-order valence-corrected chi connectivity index (χ3v) is 4.80. The van der Waals surface area contributed by atoms with E-state index in [0.29, 0.717) is 28.1 Å². The molecular weight excluding hydrogens is 314 g/mol. The van der Waals surface area contributed by atoms with E-state index in [1.807, 2.05) is 18.2 Å². The lowest BCUT2D eigenvalue weighted by Gasteiger charge is -2.30. The van der Waals surface area contributed by atoms with Gasteiger partial charge in [-0.25, -0.2) is 0 Å². The van der Waals surface area contributed by atoms with E-state index in [9.17, 15) is 9.90 Å². The van der Waals surface area contributed by atoms with Gasteiger partial charge >= 0.3 is 0 Å². The number of hydrogen-bond donors (Lipinski definition) is 1. The Morgan fingerprint density at radius 1 is 1.00 bits per heavy atom. The fourth-order valence-electron chi connectivity index (χ4n) is 3.59. The molecule has 0 amide bonds. The van der Waals surface area contributed by atoms with Crippen LogP contribution in [-0.2, 0) is 5.60 Å². The van der Waals surface area contributed by atoms with E-state index >= 15 is 0 Å². The van der Waals surface area contributed by atoms with Gasteiger partial charge in [-0.1, -0.05) is 42.5 Å². The maximum atomic E-state index is 13.1. The van der Waals surface area contributed by atoms with Crippen LogP contribution in [0.3, 0.4) is 0 Å². The van der Waals surface area contributed by atoms with Gasteiger partial charge in [-0.3, -0.25) is 9.78 Å². The highest BCUT2D eigenvalue weighted by Crippen LogP contribution is 2.50. The molecule has 1 aromatic heterocycles. The highest BCUT2D eigenvalue weighted by atomic mass is 16.5. The van der Waals surface area contributed by atoms with Crippen LogP contribution in [0.5, 0.6) is 5.75 Å². The normalized spacial score (nSPS) is 21.8. The Kier molecular flexibility index (Phi) is 3.62. The molecule has 0 unspecified atom stereocenters. The smallest absolute Gasteiger partial charge is 0.175 e. The number of fused-ring (bicyclic) bond motifs is 1. The Hall–Kier alpha value is -2.98. The minimum Gasteiger partial charge on any atom is -0.497 e. The average molecular weight is 331 g/mol. The maximum absolute atomic E-state index is 13.1. The van der Waals surface area contributed by atoms with Gasteiger partial charge in [0.2, 0.25) is 0 Å². The predicted molar refractivity (Wildman–Crippen MR) is 93.7 cm³/mol. The van der Waals surface area contributed by atoms with E-state index < -0.39 is 11.5 Å². The number of methoxy groups -OCH3 is 1. The lowest BCUT2D eigenvalue weighted by atomic mass is 9.79. The number of rotatable bonds is 3. The van der Waals surface area contributed by atoms with Crippen LogP contribution in [0.4, 0.5) is 0 Å². The van der Waals surface area contributed by atoms with Gasteiger partial charge in [0.05, 0.1) is 12.8 Å². The first-order valence-corrected chi connectivity index (χ1v) is 8.08. The number of carbonyl (C=O) groups is 1. The summed E-state index contributed by atoms with van der Waals surface area (Å²) in [6, 6.07) is 19.8. The number of carbonyl (C=O) groups excluding carboxylic acids is 1. The molecule has 1 aliphatic carbocycles. The largest absolute Gasteiger partial charge is 0.497 e. The summed E-state index contributed by atoms with van der Waals surface area (Å²) in [5.74, 6) is -0.202. The summed E-state index contributed by atoms with van der Waals surface area (Å²) < 4.78 is 5.21. The van der Waals surface area contributed by atoms with E-state index in [2.05, 4.69) is 4.98 Å². The number of benzene rings is 2.